The maximum Gasteiger partial charge on any atom is 0.253 e. The Labute approximate surface area is 417 Å². The molecule has 5 heterocycles. The first-order chi connectivity index (χ1) is 34.2. The number of primary amides is 1. The molecule has 2 bridgehead atoms. The molecule has 1 aromatic heterocycles. The number of carbonyl (C=O) groups is 11. The molecule has 390 valence electrons. The molecule has 4 aliphatic heterocycles. The van der Waals surface area contributed by atoms with Crippen LogP contribution < -0.4 is 37.1 Å². The van der Waals surface area contributed by atoms with Crippen molar-refractivity contribution in [1.29, 1.82) is 0 Å². The molecule has 1 fully saturated rings. The van der Waals surface area contributed by atoms with Gasteiger partial charge in [0, 0.05) is 73.9 Å². The fraction of sp³-hybridized carbons (Fsp3) is 0.553. The summed E-state index contributed by atoms with van der Waals surface area (Å²) >= 11 is 0.989. The van der Waals surface area contributed by atoms with Crippen LogP contribution in [0.1, 0.15) is 58.4 Å². The summed E-state index contributed by atoms with van der Waals surface area (Å²) in [4.78, 5) is 155. The van der Waals surface area contributed by atoms with Gasteiger partial charge < -0.3 is 62.3 Å². The lowest BCUT2D eigenvalue weighted by atomic mass is 9.83. The lowest BCUT2D eigenvalue weighted by Crippen LogP contribution is -2.56. The first kappa shape index (κ1) is 54.6. The molecule has 2 aromatic rings. The summed E-state index contributed by atoms with van der Waals surface area (Å²) in [5, 5.41) is 45.4. The van der Waals surface area contributed by atoms with Crippen molar-refractivity contribution >= 4 is 87.4 Å². The molecule has 0 saturated carbocycles. The molecule has 0 aliphatic carbocycles. The van der Waals surface area contributed by atoms with Crippen molar-refractivity contribution < 1.29 is 72.8 Å². The van der Waals surface area contributed by atoms with Crippen LogP contribution in [0.3, 0.4) is 0 Å². The van der Waals surface area contributed by atoms with Gasteiger partial charge in [-0.3, -0.25) is 57.6 Å². The molecule has 4 aliphatic rings. The first-order valence-electron chi connectivity index (χ1n) is 23.7. The Morgan fingerprint density at radius 3 is 2.22 bits per heavy atom. The number of nitrogens with one attached hydrogen (secondary N) is 6. The molecular formula is C47H61N9O15S. The number of aliphatic hydroxyl groups is 3. The summed E-state index contributed by atoms with van der Waals surface area (Å²) in [5.74, 6) is -13.3. The number of H-pyrrole nitrogens is 1. The second-order valence-corrected chi connectivity index (χ2v) is 19.6. The van der Waals surface area contributed by atoms with Crippen molar-refractivity contribution in [1.82, 2.24) is 41.4 Å². The molecule has 11 N–H and O–H groups in total. The third-order valence-corrected chi connectivity index (χ3v) is 14.6. The van der Waals surface area contributed by atoms with Crippen LogP contribution in [0.2, 0.25) is 0 Å². The number of Topliss-reactive ketones (excluding diaryl/α,β-unsaturated/α-hetero) is 2. The van der Waals surface area contributed by atoms with Gasteiger partial charge in [0.25, 0.3) is 11.8 Å². The van der Waals surface area contributed by atoms with E-state index in [4.69, 9.17) is 10.5 Å². The van der Waals surface area contributed by atoms with Crippen LogP contribution in [0.5, 0.6) is 5.75 Å². The fourth-order valence-corrected chi connectivity index (χ4v) is 10.3. The molecule has 1 saturated heterocycles. The summed E-state index contributed by atoms with van der Waals surface area (Å²) in [7, 11) is 0. The number of hydrogen-bond acceptors (Lipinski definition) is 16. The number of benzene rings is 1. The summed E-state index contributed by atoms with van der Waals surface area (Å²) < 4.78 is 5.90. The van der Waals surface area contributed by atoms with Gasteiger partial charge >= 0.3 is 0 Å². The number of fused-ring (bicyclic) bond motifs is 5. The number of ether oxygens (including phenoxy) is 1. The number of aromatic amines is 1. The van der Waals surface area contributed by atoms with Crippen LogP contribution in [-0.2, 0) is 59.2 Å². The Bertz CT molecular complexity index is 2500. The molecule has 6 rings (SSSR count). The molecule has 0 radical (unpaired) electrons. The number of aliphatic hydroxyl groups excluding tert-OH is 3. The number of aromatic nitrogens is 1. The maximum absolute atomic E-state index is 14.7. The van der Waals surface area contributed by atoms with E-state index >= 15 is 0 Å². The van der Waals surface area contributed by atoms with E-state index in [1.807, 2.05) is 0 Å². The molecule has 9 amide bonds. The second kappa shape index (κ2) is 24.1. The Balaban J connectivity index is 1.49. The van der Waals surface area contributed by atoms with Gasteiger partial charge in [0.1, 0.15) is 24.4 Å². The highest BCUT2D eigenvalue weighted by Crippen LogP contribution is 2.35. The van der Waals surface area contributed by atoms with Crippen molar-refractivity contribution in [2.45, 2.75) is 101 Å². The van der Waals surface area contributed by atoms with Gasteiger partial charge in [-0.25, -0.2) is 0 Å². The average Bonchev–Trinajstić information content (AvgIpc) is 4.02. The summed E-state index contributed by atoms with van der Waals surface area (Å²) in [6.07, 6.45) is -2.87. The highest BCUT2D eigenvalue weighted by atomic mass is 32.2. The summed E-state index contributed by atoms with van der Waals surface area (Å²) in [6, 6.07) is -0.826. The number of nitrogens with two attached hydrogens (primary N) is 1. The predicted molar refractivity (Wildman–Crippen MR) is 254 cm³/mol. The van der Waals surface area contributed by atoms with E-state index in [-0.39, 0.29) is 37.5 Å². The molecule has 1 aromatic carbocycles. The van der Waals surface area contributed by atoms with E-state index in [0.29, 0.717) is 27.9 Å². The Kier molecular flexibility index (Phi) is 18.3. The Morgan fingerprint density at radius 1 is 0.875 bits per heavy atom. The standard InChI is InChI=1S/C47H61N9O15S/c1-4-22(2)42-45(69)50-17-38(63)51-32-21-72-46-29(27-6-5-26(14-30(27)53-46)71-10-9-55-40(65)7-8-41(55)66)15-31(44(68)49-18-39(64)54-42)52-43(67)28(23(3)36(61)20-57)16-35(60)33-13-25(58)19-56(33)47(70)24(11-34(32)59)12-37(48)62/h5-8,14,22-25,28,31-33,36,42,53,57-58,61H,4,9-13,15-21H2,1-3H3,(H2,48,62)(H,49,68)(H,50,69)(H,51,63)(H,52,67)(H,54,64)/t22-,23+,24-,25+,28-,31-,32-,33-,36-,42-/m0/s1. The lowest BCUT2D eigenvalue weighted by Gasteiger charge is -2.31. The molecule has 24 nitrogen and oxygen atoms in total. The van der Waals surface area contributed by atoms with Gasteiger partial charge in [0.15, 0.2) is 11.6 Å². The fourth-order valence-electron chi connectivity index (χ4n) is 9.12. The van der Waals surface area contributed by atoms with Crippen LogP contribution in [0.25, 0.3) is 10.9 Å². The Hall–Kier alpha value is -6.70. The predicted octanol–water partition coefficient (Wildman–Crippen LogP) is -3.16. The zero-order valence-electron chi connectivity index (χ0n) is 40.0. The molecular weight excluding hydrogens is 963 g/mol. The third-order valence-electron chi connectivity index (χ3n) is 13.5. The molecule has 0 spiro atoms. The minimum absolute atomic E-state index is 0.0650. The van der Waals surface area contributed by atoms with E-state index in [1.165, 1.54) is 6.92 Å². The zero-order chi connectivity index (χ0) is 52.6. The van der Waals surface area contributed by atoms with Gasteiger partial charge in [-0.2, -0.15) is 0 Å². The van der Waals surface area contributed by atoms with Crippen molar-refractivity contribution in [2.24, 2.45) is 29.4 Å². The van der Waals surface area contributed by atoms with Crippen molar-refractivity contribution in [2.75, 3.05) is 45.1 Å². The number of carbonyl (C=O) groups excluding carboxylic acids is 11. The number of ketones is 2. The summed E-state index contributed by atoms with van der Waals surface area (Å²) in [6.45, 7) is 2.08. The molecule has 72 heavy (non-hydrogen) atoms. The number of rotatable bonds is 11. The molecule has 0 unspecified atom stereocenters. The van der Waals surface area contributed by atoms with Crippen LogP contribution in [0, 0.1) is 23.7 Å². The number of amides is 9. The number of nitrogens with zero attached hydrogens (tertiary/aromatic N) is 2. The van der Waals surface area contributed by atoms with E-state index in [1.54, 1.807) is 32.0 Å². The number of thioether (sulfide) groups is 1. The van der Waals surface area contributed by atoms with Gasteiger partial charge in [-0.1, -0.05) is 27.2 Å². The van der Waals surface area contributed by atoms with E-state index in [2.05, 4.69) is 31.6 Å². The van der Waals surface area contributed by atoms with E-state index in [9.17, 15) is 68.1 Å². The van der Waals surface area contributed by atoms with Crippen LogP contribution in [0.15, 0.2) is 35.4 Å². The Morgan fingerprint density at radius 2 is 1.56 bits per heavy atom. The van der Waals surface area contributed by atoms with E-state index < -0.39 is 170 Å². The van der Waals surface area contributed by atoms with Crippen molar-refractivity contribution in [3.05, 3.63) is 35.9 Å². The normalized spacial score (nSPS) is 26.8. The van der Waals surface area contributed by atoms with E-state index in [0.717, 1.165) is 33.7 Å². The zero-order valence-corrected chi connectivity index (χ0v) is 40.8. The van der Waals surface area contributed by atoms with Gasteiger partial charge in [0.2, 0.25) is 41.4 Å². The SMILES string of the molecule is CC[C@H](C)[C@@H]1NC(=O)CNC(=O)[C@@H]2Cc3c([nH]c4cc(OCCN5C(=O)C=CC5=O)ccc34)SC[C@H](NC(=O)CNC1=O)C(=O)C[C@@H](CC(N)=O)C(=O)N1C[C@H](O)C[C@H]1C(=O)C[C@@H]([C@@H](C)[C@@H](O)CO)C(=O)N2. The minimum atomic E-state index is -1.57. The number of hydrogen-bond donors (Lipinski definition) is 10. The first-order valence-corrected chi connectivity index (χ1v) is 24.7. The monoisotopic (exact) mass is 1020 g/mol. The largest absolute Gasteiger partial charge is 0.492 e. The second-order valence-electron chi connectivity index (χ2n) is 18.5. The van der Waals surface area contributed by atoms with Gasteiger partial charge in [-0.15, -0.1) is 11.8 Å². The summed E-state index contributed by atoms with van der Waals surface area (Å²) in [5.41, 5.74) is 6.35. The molecule has 10 atom stereocenters. The van der Waals surface area contributed by atoms with Gasteiger partial charge in [-0.05, 0) is 29.5 Å². The quantitative estimate of drug-likeness (QED) is 0.0994. The van der Waals surface area contributed by atoms with Gasteiger partial charge in [0.05, 0.1) is 67.0 Å². The van der Waals surface area contributed by atoms with Crippen molar-refractivity contribution in [3.8, 4) is 5.75 Å². The van der Waals surface area contributed by atoms with Crippen LogP contribution in [-0.4, -0.2) is 176 Å². The smallest absolute Gasteiger partial charge is 0.253 e. The highest BCUT2D eigenvalue weighted by molar-refractivity contribution is 7.99. The topological polar surface area (TPSA) is 366 Å². The maximum atomic E-state index is 14.7. The third kappa shape index (κ3) is 13.2. The van der Waals surface area contributed by atoms with Crippen molar-refractivity contribution in [3.63, 3.8) is 0 Å². The molecule has 25 heteroatoms. The lowest BCUT2D eigenvalue weighted by molar-refractivity contribution is -0.145. The number of imide groups is 1. The minimum Gasteiger partial charge on any atom is -0.492 e. The highest BCUT2D eigenvalue weighted by Gasteiger charge is 2.45. The van der Waals surface area contributed by atoms with Crippen LogP contribution >= 0.6 is 11.8 Å². The van der Waals surface area contributed by atoms with Crippen LogP contribution in [0.4, 0.5) is 0 Å². The average molecular weight is 1020 g/mol.